The van der Waals surface area contributed by atoms with Crippen LogP contribution >= 0.6 is 0 Å². The number of anilines is 1. The van der Waals surface area contributed by atoms with Gasteiger partial charge in [-0.2, -0.15) is 4.98 Å². The second-order valence-corrected chi connectivity index (χ2v) is 6.62. The van der Waals surface area contributed by atoms with Crippen LogP contribution in [0.15, 0.2) is 30.5 Å². The van der Waals surface area contributed by atoms with E-state index in [1.165, 1.54) is 11.1 Å². The van der Waals surface area contributed by atoms with Crippen LogP contribution in [0.5, 0.6) is 5.88 Å². The molecule has 2 aromatic rings. The summed E-state index contributed by atoms with van der Waals surface area (Å²) in [7, 11) is 1.61. The maximum Gasteiger partial charge on any atom is 0.228 e. The van der Waals surface area contributed by atoms with E-state index in [1.54, 1.807) is 19.4 Å². The quantitative estimate of drug-likeness (QED) is 0.896. The predicted octanol–water partition coefficient (Wildman–Crippen LogP) is 1.96. The summed E-state index contributed by atoms with van der Waals surface area (Å²) in [6, 6.07) is 8.01. The topological polar surface area (TPSA) is 61.7 Å². The van der Waals surface area contributed by atoms with Gasteiger partial charge in [-0.15, -0.1) is 0 Å². The zero-order valence-corrected chi connectivity index (χ0v) is 15.1. The molecule has 2 heterocycles. The van der Waals surface area contributed by atoms with Gasteiger partial charge in [0.05, 0.1) is 13.2 Å². The molecule has 0 spiro atoms. The van der Waals surface area contributed by atoms with Crippen LogP contribution in [0.25, 0.3) is 0 Å². The van der Waals surface area contributed by atoms with Gasteiger partial charge in [0.2, 0.25) is 11.8 Å². The van der Waals surface area contributed by atoms with E-state index >= 15 is 0 Å². The highest BCUT2D eigenvalue weighted by molar-refractivity contribution is 5.33. The lowest BCUT2D eigenvalue weighted by Crippen LogP contribution is -2.48. The van der Waals surface area contributed by atoms with Crippen molar-refractivity contribution in [2.24, 2.45) is 0 Å². The van der Waals surface area contributed by atoms with Crippen molar-refractivity contribution in [3.8, 4) is 5.88 Å². The Hall–Kier alpha value is -2.18. The number of aliphatic hydroxyl groups is 1. The second kappa shape index (κ2) is 7.80. The highest BCUT2D eigenvalue weighted by Crippen LogP contribution is 2.20. The summed E-state index contributed by atoms with van der Waals surface area (Å²) in [5, 5.41) is 10.6. The zero-order chi connectivity index (χ0) is 17.8. The molecule has 1 saturated heterocycles. The number of ether oxygens (including phenoxy) is 1. The standard InChI is InChI=1S/C19H26N4O2/c1-14-10-15(2)12-16(11-14)17(24)13-22-6-8-23(9-7-22)19-20-5-4-18(21-19)25-3/h4-5,10-12,17,24H,6-9,13H2,1-3H3. The predicted molar refractivity (Wildman–Crippen MR) is 98.1 cm³/mol. The largest absolute Gasteiger partial charge is 0.481 e. The third-order valence-electron chi connectivity index (χ3n) is 4.54. The monoisotopic (exact) mass is 342 g/mol. The Balaban J connectivity index is 1.57. The van der Waals surface area contributed by atoms with Gasteiger partial charge in [-0.1, -0.05) is 29.3 Å². The van der Waals surface area contributed by atoms with Crippen molar-refractivity contribution in [2.75, 3.05) is 44.7 Å². The van der Waals surface area contributed by atoms with Crippen molar-refractivity contribution in [1.82, 2.24) is 14.9 Å². The van der Waals surface area contributed by atoms with Crippen molar-refractivity contribution in [2.45, 2.75) is 20.0 Å². The summed E-state index contributed by atoms with van der Waals surface area (Å²) in [4.78, 5) is 13.2. The molecule has 1 N–H and O–H groups in total. The summed E-state index contributed by atoms with van der Waals surface area (Å²) in [6.45, 7) is 8.21. The molecule has 3 rings (SSSR count). The van der Waals surface area contributed by atoms with Crippen molar-refractivity contribution >= 4 is 5.95 Å². The molecule has 1 aliphatic rings. The van der Waals surface area contributed by atoms with E-state index in [-0.39, 0.29) is 0 Å². The maximum absolute atomic E-state index is 10.6. The van der Waals surface area contributed by atoms with Crippen molar-refractivity contribution in [3.05, 3.63) is 47.2 Å². The van der Waals surface area contributed by atoms with Crippen molar-refractivity contribution in [1.29, 1.82) is 0 Å². The second-order valence-electron chi connectivity index (χ2n) is 6.62. The van der Waals surface area contributed by atoms with Crippen LogP contribution in [0.4, 0.5) is 5.95 Å². The zero-order valence-electron chi connectivity index (χ0n) is 15.1. The fourth-order valence-corrected chi connectivity index (χ4v) is 3.28. The Labute approximate surface area is 149 Å². The molecule has 0 aliphatic carbocycles. The third kappa shape index (κ3) is 4.46. The summed E-state index contributed by atoms with van der Waals surface area (Å²) < 4.78 is 5.17. The fourth-order valence-electron chi connectivity index (χ4n) is 3.28. The molecule has 134 valence electrons. The van der Waals surface area contributed by atoms with Gasteiger partial charge in [0, 0.05) is 45.0 Å². The average molecular weight is 342 g/mol. The molecule has 1 aliphatic heterocycles. The molecular formula is C19H26N4O2. The lowest BCUT2D eigenvalue weighted by Gasteiger charge is -2.35. The third-order valence-corrected chi connectivity index (χ3v) is 4.54. The highest BCUT2D eigenvalue weighted by Gasteiger charge is 2.22. The van der Waals surface area contributed by atoms with Gasteiger partial charge >= 0.3 is 0 Å². The van der Waals surface area contributed by atoms with Gasteiger partial charge in [-0.25, -0.2) is 4.98 Å². The Morgan fingerprint density at radius 1 is 1.12 bits per heavy atom. The van der Waals surface area contributed by atoms with Gasteiger partial charge in [0.1, 0.15) is 0 Å². The maximum atomic E-state index is 10.6. The molecule has 0 bridgehead atoms. The fraction of sp³-hybridized carbons (Fsp3) is 0.474. The first-order valence-electron chi connectivity index (χ1n) is 8.66. The Kier molecular flexibility index (Phi) is 5.50. The molecule has 0 amide bonds. The summed E-state index contributed by atoms with van der Waals surface area (Å²) >= 11 is 0. The Morgan fingerprint density at radius 3 is 2.44 bits per heavy atom. The molecule has 1 fully saturated rings. The number of β-amino-alcohol motifs (C(OH)–C–C–N with tert-alkyl or cyclic N) is 1. The van der Waals surface area contributed by atoms with Gasteiger partial charge in [0.15, 0.2) is 0 Å². The molecule has 6 nitrogen and oxygen atoms in total. The number of hydrogen-bond acceptors (Lipinski definition) is 6. The van der Waals surface area contributed by atoms with E-state index in [9.17, 15) is 5.11 Å². The lowest BCUT2D eigenvalue weighted by molar-refractivity contribution is 0.109. The number of aromatic nitrogens is 2. The number of nitrogens with zero attached hydrogens (tertiary/aromatic N) is 4. The normalized spacial score (nSPS) is 16.7. The van der Waals surface area contributed by atoms with Crippen LogP contribution in [0.1, 0.15) is 22.8 Å². The smallest absolute Gasteiger partial charge is 0.228 e. The minimum atomic E-state index is -0.460. The molecule has 1 aromatic heterocycles. The SMILES string of the molecule is COc1ccnc(N2CCN(CC(O)c3cc(C)cc(C)c3)CC2)n1. The number of piperazine rings is 1. The van der Waals surface area contributed by atoms with Crippen LogP contribution in [-0.2, 0) is 0 Å². The van der Waals surface area contributed by atoms with Crippen LogP contribution in [0.2, 0.25) is 0 Å². The van der Waals surface area contributed by atoms with E-state index in [0.717, 1.165) is 31.7 Å². The number of aliphatic hydroxyl groups excluding tert-OH is 1. The average Bonchev–Trinajstić information content (AvgIpc) is 2.61. The van der Waals surface area contributed by atoms with Gasteiger partial charge in [-0.3, -0.25) is 4.90 Å². The minimum absolute atomic E-state index is 0.460. The lowest BCUT2D eigenvalue weighted by atomic mass is 10.0. The van der Waals surface area contributed by atoms with Gasteiger partial charge in [0.25, 0.3) is 0 Å². The van der Waals surface area contributed by atoms with E-state index in [0.29, 0.717) is 18.4 Å². The van der Waals surface area contributed by atoms with E-state index in [2.05, 4.69) is 51.8 Å². The number of methoxy groups -OCH3 is 1. The van der Waals surface area contributed by atoms with Crippen molar-refractivity contribution in [3.63, 3.8) is 0 Å². The summed E-state index contributed by atoms with van der Waals surface area (Å²) in [5.74, 6) is 1.28. The van der Waals surface area contributed by atoms with E-state index < -0.39 is 6.10 Å². The number of hydrogen-bond donors (Lipinski definition) is 1. The van der Waals surface area contributed by atoms with Crippen molar-refractivity contribution < 1.29 is 9.84 Å². The van der Waals surface area contributed by atoms with Crippen LogP contribution in [0.3, 0.4) is 0 Å². The first kappa shape index (κ1) is 17.6. The summed E-state index contributed by atoms with van der Waals surface area (Å²) in [5.41, 5.74) is 3.37. The first-order valence-corrected chi connectivity index (χ1v) is 8.66. The first-order chi connectivity index (χ1) is 12.0. The molecule has 0 saturated carbocycles. The molecule has 6 heteroatoms. The van der Waals surface area contributed by atoms with Crippen LogP contribution in [-0.4, -0.2) is 59.8 Å². The number of rotatable bonds is 5. The summed E-state index contributed by atoms with van der Waals surface area (Å²) in [6.07, 6.45) is 1.26. The molecule has 1 unspecified atom stereocenters. The molecule has 1 aromatic carbocycles. The van der Waals surface area contributed by atoms with Crippen LogP contribution < -0.4 is 9.64 Å². The number of aryl methyl sites for hydroxylation is 2. The van der Waals surface area contributed by atoms with Gasteiger partial charge < -0.3 is 14.7 Å². The van der Waals surface area contributed by atoms with Gasteiger partial charge in [-0.05, 0) is 19.4 Å². The van der Waals surface area contributed by atoms with E-state index in [4.69, 9.17) is 4.74 Å². The molecule has 0 radical (unpaired) electrons. The molecule has 1 atom stereocenters. The number of benzene rings is 1. The molecule has 25 heavy (non-hydrogen) atoms. The van der Waals surface area contributed by atoms with Crippen LogP contribution in [0, 0.1) is 13.8 Å². The Morgan fingerprint density at radius 2 is 1.80 bits per heavy atom. The minimum Gasteiger partial charge on any atom is -0.481 e. The highest BCUT2D eigenvalue weighted by atomic mass is 16.5. The van der Waals surface area contributed by atoms with E-state index in [1.807, 2.05) is 0 Å². The Bertz CT molecular complexity index is 694. The molecular weight excluding hydrogens is 316 g/mol.